The van der Waals surface area contributed by atoms with Gasteiger partial charge in [-0.15, -0.1) is 0 Å². The van der Waals surface area contributed by atoms with Crippen molar-refractivity contribution in [2.45, 2.75) is 38.0 Å². The molecule has 1 unspecified atom stereocenters. The van der Waals surface area contributed by atoms with Gasteiger partial charge in [0, 0.05) is 19.1 Å². The average molecular weight is 315 g/mol. The maximum absolute atomic E-state index is 12.9. The zero-order valence-corrected chi connectivity index (χ0v) is 12.2. The Hall–Kier alpha value is -1.76. The van der Waals surface area contributed by atoms with E-state index in [2.05, 4.69) is 16.0 Å². The Morgan fingerprint density at radius 3 is 2.82 bits per heavy atom. The molecule has 1 atom stereocenters. The highest BCUT2D eigenvalue weighted by molar-refractivity contribution is 5.74. The molecule has 7 heteroatoms. The standard InChI is InChI=1S/C15H20F3N3O/c16-15(17,18)13-7-2-1-5-11(13)9-20-14(22)21-12-6-3-4-8-19-10-12/h1-2,5,7,12,19H,3-4,6,8-10H2,(H2,20,21,22). The molecule has 0 aromatic heterocycles. The topological polar surface area (TPSA) is 53.2 Å². The number of nitrogens with one attached hydrogen (secondary N) is 3. The van der Waals surface area contributed by atoms with Crippen LogP contribution in [0.15, 0.2) is 24.3 Å². The van der Waals surface area contributed by atoms with Gasteiger partial charge in [-0.25, -0.2) is 4.79 Å². The lowest BCUT2D eigenvalue weighted by Crippen LogP contribution is -2.45. The maximum Gasteiger partial charge on any atom is 0.416 e. The van der Waals surface area contributed by atoms with E-state index in [9.17, 15) is 18.0 Å². The number of alkyl halides is 3. The number of rotatable bonds is 3. The average Bonchev–Trinajstić information content (AvgIpc) is 2.73. The van der Waals surface area contributed by atoms with Gasteiger partial charge >= 0.3 is 12.2 Å². The normalized spacial score (nSPS) is 19.3. The van der Waals surface area contributed by atoms with E-state index in [1.54, 1.807) is 0 Å². The number of benzene rings is 1. The minimum absolute atomic E-state index is 0.0142. The van der Waals surface area contributed by atoms with Crippen LogP contribution in [0.3, 0.4) is 0 Å². The summed E-state index contributed by atoms with van der Waals surface area (Å²) >= 11 is 0. The van der Waals surface area contributed by atoms with Gasteiger partial charge in [0.1, 0.15) is 0 Å². The summed E-state index contributed by atoms with van der Waals surface area (Å²) < 4.78 is 38.6. The van der Waals surface area contributed by atoms with E-state index in [0.717, 1.165) is 31.9 Å². The van der Waals surface area contributed by atoms with Crippen LogP contribution in [0.2, 0.25) is 0 Å². The smallest absolute Gasteiger partial charge is 0.334 e. The number of hydrogen-bond acceptors (Lipinski definition) is 2. The second-order valence-corrected chi connectivity index (χ2v) is 5.38. The van der Waals surface area contributed by atoms with Crippen LogP contribution in [0, 0.1) is 0 Å². The molecule has 1 saturated heterocycles. The van der Waals surface area contributed by atoms with E-state index in [-0.39, 0.29) is 18.2 Å². The number of amides is 2. The fourth-order valence-electron chi connectivity index (χ4n) is 2.51. The Kier molecular flexibility index (Phi) is 5.65. The second kappa shape index (κ2) is 7.49. The molecule has 1 fully saturated rings. The van der Waals surface area contributed by atoms with E-state index in [1.165, 1.54) is 18.2 Å². The minimum atomic E-state index is -4.42. The van der Waals surface area contributed by atoms with Gasteiger partial charge in [-0.1, -0.05) is 24.6 Å². The SMILES string of the molecule is O=C(NCc1ccccc1C(F)(F)F)NC1CCCCNC1. The summed E-state index contributed by atoms with van der Waals surface area (Å²) in [6.45, 7) is 1.47. The first-order chi connectivity index (χ1) is 10.5. The molecule has 4 nitrogen and oxygen atoms in total. The summed E-state index contributed by atoms with van der Waals surface area (Å²) in [6.07, 6.45) is -1.45. The molecular weight excluding hydrogens is 295 g/mol. The van der Waals surface area contributed by atoms with E-state index < -0.39 is 17.8 Å². The summed E-state index contributed by atoms with van der Waals surface area (Å²) in [5.74, 6) is 0. The Bertz CT molecular complexity index is 497. The predicted octanol–water partition coefficient (Wildman–Crippen LogP) is 2.65. The Balaban J connectivity index is 1.88. The lowest BCUT2D eigenvalue weighted by Gasteiger charge is -2.18. The lowest BCUT2D eigenvalue weighted by atomic mass is 10.1. The van der Waals surface area contributed by atoms with Crippen molar-refractivity contribution in [2.75, 3.05) is 13.1 Å². The highest BCUT2D eigenvalue weighted by Crippen LogP contribution is 2.31. The Morgan fingerprint density at radius 1 is 1.27 bits per heavy atom. The number of halogens is 3. The van der Waals surface area contributed by atoms with Crippen molar-refractivity contribution in [1.29, 1.82) is 0 Å². The number of carbonyl (C=O) groups is 1. The fraction of sp³-hybridized carbons (Fsp3) is 0.533. The summed E-state index contributed by atoms with van der Waals surface area (Å²) in [5.41, 5.74) is -0.657. The van der Waals surface area contributed by atoms with Crippen LogP contribution in [0.25, 0.3) is 0 Å². The summed E-state index contributed by atoms with van der Waals surface area (Å²) in [6, 6.07) is 4.83. The molecule has 3 N–H and O–H groups in total. The number of urea groups is 1. The summed E-state index contributed by atoms with van der Waals surface area (Å²) in [7, 11) is 0. The molecule has 1 aromatic carbocycles. The summed E-state index contributed by atoms with van der Waals surface area (Å²) in [5, 5.41) is 8.51. The van der Waals surface area contributed by atoms with Gasteiger partial charge in [-0.3, -0.25) is 0 Å². The quantitative estimate of drug-likeness (QED) is 0.803. The number of hydrogen-bond donors (Lipinski definition) is 3. The van der Waals surface area contributed by atoms with Gasteiger partial charge in [0.25, 0.3) is 0 Å². The van der Waals surface area contributed by atoms with Crippen molar-refractivity contribution in [3.05, 3.63) is 35.4 Å². The molecule has 1 aliphatic heterocycles. The van der Waals surface area contributed by atoms with E-state index in [1.807, 2.05) is 0 Å². The van der Waals surface area contributed by atoms with Crippen molar-refractivity contribution >= 4 is 6.03 Å². The van der Waals surface area contributed by atoms with Crippen molar-refractivity contribution in [3.63, 3.8) is 0 Å². The monoisotopic (exact) mass is 315 g/mol. The maximum atomic E-state index is 12.9. The van der Waals surface area contributed by atoms with E-state index >= 15 is 0 Å². The molecule has 0 saturated carbocycles. The van der Waals surface area contributed by atoms with E-state index in [4.69, 9.17) is 0 Å². The molecule has 0 aliphatic carbocycles. The minimum Gasteiger partial charge on any atom is -0.334 e. The van der Waals surface area contributed by atoms with Crippen molar-refractivity contribution in [2.24, 2.45) is 0 Å². The van der Waals surface area contributed by atoms with Gasteiger partial charge in [-0.2, -0.15) is 13.2 Å². The van der Waals surface area contributed by atoms with Gasteiger partial charge in [0.05, 0.1) is 5.56 Å². The van der Waals surface area contributed by atoms with Gasteiger partial charge in [0.15, 0.2) is 0 Å². The van der Waals surface area contributed by atoms with Crippen LogP contribution in [-0.4, -0.2) is 25.2 Å². The molecule has 0 bridgehead atoms. The highest BCUT2D eigenvalue weighted by atomic mass is 19.4. The van der Waals surface area contributed by atoms with Crippen LogP contribution in [0.5, 0.6) is 0 Å². The molecule has 1 aliphatic rings. The van der Waals surface area contributed by atoms with Crippen molar-refractivity contribution in [3.8, 4) is 0 Å². The van der Waals surface area contributed by atoms with E-state index in [0.29, 0.717) is 6.54 Å². The molecule has 2 amide bonds. The highest BCUT2D eigenvalue weighted by Gasteiger charge is 2.32. The molecule has 0 spiro atoms. The fourth-order valence-corrected chi connectivity index (χ4v) is 2.51. The predicted molar refractivity (Wildman–Crippen MR) is 77.3 cm³/mol. The molecule has 1 aromatic rings. The molecule has 0 radical (unpaired) electrons. The zero-order chi connectivity index (χ0) is 16.0. The van der Waals surface area contributed by atoms with Crippen LogP contribution in [0.1, 0.15) is 30.4 Å². The molecule has 22 heavy (non-hydrogen) atoms. The van der Waals surface area contributed by atoms with Crippen LogP contribution in [-0.2, 0) is 12.7 Å². The van der Waals surface area contributed by atoms with Gasteiger partial charge < -0.3 is 16.0 Å². The van der Waals surface area contributed by atoms with Crippen molar-refractivity contribution in [1.82, 2.24) is 16.0 Å². The molecule has 1 heterocycles. The molecular formula is C15H20F3N3O. The lowest BCUT2D eigenvalue weighted by molar-refractivity contribution is -0.138. The Labute approximate surface area is 127 Å². The third-order valence-electron chi connectivity index (χ3n) is 3.64. The van der Waals surface area contributed by atoms with Crippen LogP contribution in [0.4, 0.5) is 18.0 Å². The molecule has 2 rings (SSSR count). The zero-order valence-electron chi connectivity index (χ0n) is 12.2. The van der Waals surface area contributed by atoms with Crippen LogP contribution >= 0.6 is 0 Å². The van der Waals surface area contributed by atoms with Crippen LogP contribution < -0.4 is 16.0 Å². The first-order valence-electron chi connectivity index (χ1n) is 7.37. The second-order valence-electron chi connectivity index (χ2n) is 5.38. The largest absolute Gasteiger partial charge is 0.416 e. The van der Waals surface area contributed by atoms with Gasteiger partial charge in [0.2, 0.25) is 0 Å². The molecule has 122 valence electrons. The third-order valence-corrected chi connectivity index (χ3v) is 3.64. The summed E-state index contributed by atoms with van der Waals surface area (Å²) in [4.78, 5) is 11.8. The number of carbonyl (C=O) groups excluding carboxylic acids is 1. The first kappa shape index (κ1) is 16.6. The van der Waals surface area contributed by atoms with Crippen molar-refractivity contribution < 1.29 is 18.0 Å². The first-order valence-corrected chi connectivity index (χ1v) is 7.37. The Morgan fingerprint density at radius 2 is 2.05 bits per heavy atom. The van der Waals surface area contributed by atoms with Gasteiger partial charge in [-0.05, 0) is 31.0 Å². The third kappa shape index (κ3) is 4.91.